The van der Waals surface area contributed by atoms with Crippen molar-refractivity contribution >= 4 is 34.9 Å². The van der Waals surface area contributed by atoms with Gasteiger partial charge in [0.25, 0.3) is 17.4 Å². The van der Waals surface area contributed by atoms with Crippen LogP contribution in [0.1, 0.15) is 10.4 Å². The number of fused-ring (bicyclic) bond motifs is 1. The van der Waals surface area contributed by atoms with Crippen molar-refractivity contribution in [3.63, 3.8) is 0 Å². The van der Waals surface area contributed by atoms with Crippen LogP contribution >= 0.6 is 12.2 Å². The number of H-pyrrole nitrogens is 1. The fourth-order valence-electron chi connectivity index (χ4n) is 3.52. The Morgan fingerprint density at radius 2 is 1.77 bits per heavy atom. The first-order valence-corrected chi connectivity index (χ1v) is 11.1. The molecule has 4 aromatic rings. The minimum Gasteiger partial charge on any atom is -0.483 e. The topological polar surface area (TPSA) is 105 Å². The van der Waals surface area contributed by atoms with Crippen molar-refractivity contribution < 1.29 is 14.3 Å². The molecule has 9 heteroatoms. The predicted molar refractivity (Wildman–Crippen MR) is 137 cm³/mol. The minimum absolute atomic E-state index is 0.223. The van der Waals surface area contributed by atoms with E-state index >= 15 is 0 Å². The normalized spacial score (nSPS) is 10.5. The standard InChI is InChI=1S/C26H22N4O4S/c1-2-14-30-25(33)20-13-12-18(15-21(20)27-26(30)35)24(32)29-28-23(31)16-34-22-11-7-6-10-19(22)17-8-4-3-5-9-17/h2-13,15H,1,14,16H2,(H,27,35)(H,28,31)(H,29,32). The highest BCUT2D eigenvalue weighted by Crippen LogP contribution is 2.29. The van der Waals surface area contributed by atoms with E-state index in [9.17, 15) is 14.4 Å². The number of ether oxygens (including phenoxy) is 1. The number of hydrogen-bond acceptors (Lipinski definition) is 5. The third-order valence-corrected chi connectivity index (χ3v) is 5.52. The van der Waals surface area contributed by atoms with Crippen molar-refractivity contribution in [3.05, 3.63) is 106 Å². The van der Waals surface area contributed by atoms with Gasteiger partial charge in [-0.05, 0) is 42.0 Å². The summed E-state index contributed by atoms with van der Waals surface area (Å²) in [4.78, 5) is 40.4. The van der Waals surface area contributed by atoms with Crippen LogP contribution in [-0.4, -0.2) is 28.0 Å². The first kappa shape index (κ1) is 23.7. The Morgan fingerprint density at radius 3 is 2.54 bits per heavy atom. The zero-order valence-corrected chi connectivity index (χ0v) is 19.4. The number of nitrogens with one attached hydrogen (secondary N) is 3. The molecule has 0 atom stereocenters. The van der Waals surface area contributed by atoms with Gasteiger partial charge in [0.2, 0.25) is 0 Å². The Bertz CT molecular complexity index is 1530. The van der Waals surface area contributed by atoms with Crippen LogP contribution in [-0.2, 0) is 11.3 Å². The molecule has 8 nitrogen and oxygen atoms in total. The highest BCUT2D eigenvalue weighted by atomic mass is 32.1. The number of benzene rings is 3. The van der Waals surface area contributed by atoms with E-state index in [1.165, 1.54) is 22.8 Å². The maximum Gasteiger partial charge on any atom is 0.276 e. The Kier molecular flexibility index (Phi) is 7.18. The SMILES string of the molecule is C=CCn1c(=S)[nH]c2cc(C(=O)NNC(=O)COc3ccccc3-c3ccccc3)ccc2c1=O. The van der Waals surface area contributed by atoms with Gasteiger partial charge in [-0.2, -0.15) is 0 Å². The monoisotopic (exact) mass is 486 g/mol. The van der Waals surface area contributed by atoms with Gasteiger partial charge in [0.05, 0.1) is 10.9 Å². The van der Waals surface area contributed by atoms with Crippen molar-refractivity contribution in [1.29, 1.82) is 0 Å². The zero-order chi connectivity index (χ0) is 24.8. The summed E-state index contributed by atoms with van der Waals surface area (Å²) in [6, 6.07) is 21.6. The summed E-state index contributed by atoms with van der Waals surface area (Å²) in [5.74, 6) is -0.541. The van der Waals surface area contributed by atoms with Crippen LogP contribution in [0.25, 0.3) is 22.0 Å². The molecule has 0 unspecified atom stereocenters. The number of rotatable bonds is 7. The van der Waals surface area contributed by atoms with Gasteiger partial charge in [0, 0.05) is 17.7 Å². The van der Waals surface area contributed by atoms with Gasteiger partial charge in [0.1, 0.15) is 5.75 Å². The van der Waals surface area contributed by atoms with Gasteiger partial charge < -0.3 is 9.72 Å². The molecule has 0 aliphatic heterocycles. The Morgan fingerprint density at radius 1 is 1.03 bits per heavy atom. The van der Waals surface area contributed by atoms with Gasteiger partial charge in [-0.15, -0.1) is 6.58 Å². The molecule has 0 aliphatic carbocycles. The average molecular weight is 487 g/mol. The molecule has 2 amide bonds. The number of carbonyl (C=O) groups excluding carboxylic acids is 2. The fourth-order valence-corrected chi connectivity index (χ4v) is 3.78. The molecule has 0 bridgehead atoms. The van der Waals surface area contributed by atoms with E-state index < -0.39 is 11.8 Å². The lowest BCUT2D eigenvalue weighted by Gasteiger charge is -2.12. The number of carbonyl (C=O) groups is 2. The van der Waals surface area contributed by atoms with Crippen LogP contribution in [0.5, 0.6) is 5.75 Å². The van der Waals surface area contributed by atoms with E-state index in [0.717, 1.165) is 11.1 Å². The lowest BCUT2D eigenvalue weighted by Crippen LogP contribution is -2.43. The third kappa shape index (κ3) is 5.36. The molecule has 35 heavy (non-hydrogen) atoms. The molecular formula is C26H22N4O4S. The molecule has 0 spiro atoms. The predicted octanol–water partition coefficient (Wildman–Crippen LogP) is 3.75. The summed E-state index contributed by atoms with van der Waals surface area (Å²) in [5, 5.41) is 0.381. The highest BCUT2D eigenvalue weighted by molar-refractivity contribution is 7.71. The molecule has 0 saturated carbocycles. The van der Waals surface area contributed by atoms with E-state index in [4.69, 9.17) is 17.0 Å². The molecule has 1 aromatic heterocycles. The maximum absolute atomic E-state index is 12.6. The van der Waals surface area contributed by atoms with Crippen LogP contribution in [0.15, 0.2) is 90.2 Å². The molecule has 176 valence electrons. The molecule has 3 N–H and O–H groups in total. The second kappa shape index (κ2) is 10.6. The number of allylic oxidation sites excluding steroid dienone is 1. The third-order valence-electron chi connectivity index (χ3n) is 5.20. The summed E-state index contributed by atoms with van der Waals surface area (Å²) in [6.07, 6.45) is 1.57. The van der Waals surface area contributed by atoms with Gasteiger partial charge in [-0.1, -0.05) is 54.6 Å². The van der Waals surface area contributed by atoms with Gasteiger partial charge >= 0.3 is 0 Å². The molecule has 0 radical (unpaired) electrons. The summed E-state index contributed by atoms with van der Waals surface area (Å²) < 4.78 is 7.28. The number of amides is 2. The van der Waals surface area contributed by atoms with E-state index in [1.807, 2.05) is 48.5 Å². The molecule has 3 aromatic carbocycles. The van der Waals surface area contributed by atoms with Crippen molar-refractivity contribution in [2.75, 3.05) is 6.61 Å². The van der Waals surface area contributed by atoms with Crippen LogP contribution in [0.3, 0.4) is 0 Å². The van der Waals surface area contributed by atoms with E-state index in [2.05, 4.69) is 22.4 Å². The number of aromatic nitrogens is 2. The molecule has 0 saturated heterocycles. The van der Waals surface area contributed by atoms with Crippen molar-refractivity contribution in [2.24, 2.45) is 0 Å². The smallest absolute Gasteiger partial charge is 0.276 e. The Balaban J connectivity index is 1.40. The highest BCUT2D eigenvalue weighted by Gasteiger charge is 2.12. The number of hydrazine groups is 1. The molecule has 1 heterocycles. The number of aromatic amines is 1. The van der Waals surface area contributed by atoms with Gasteiger partial charge in [-0.25, -0.2) is 0 Å². The Labute approximate surface area is 205 Å². The lowest BCUT2D eigenvalue weighted by atomic mass is 10.1. The first-order chi connectivity index (χ1) is 17.0. The average Bonchev–Trinajstić information content (AvgIpc) is 2.88. The van der Waals surface area contributed by atoms with E-state index in [0.29, 0.717) is 16.7 Å². The van der Waals surface area contributed by atoms with Gasteiger partial charge in [-0.3, -0.25) is 29.8 Å². The summed E-state index contributed by atoms with van der Waals surface area (Å²) >= 11 is 5.22. The lowest BCUT2D eigenvalue weighted by molar-refractivity contribution is -0.123. The number of hydrogen-bond donors (Lipinski definition) is 3. The maximum atomic E-state index is 12.6. The minimum atomic E-state index is -0.556. The summed E-state index contributed by atoms with van der Waals surface area (Å²) in [6.45, 7) is 3.60. The van der Waals surface area contributed by atoms with Crippen molar-refractivity contribution in [3.8, 4) is 16.9 Å². The van der Waals surface area contributed by atoms with E-state index in [-0.39, 0.29) is 29.0 Å². The molecular weight excluding hydrogens is 464 g/mol. The molecule has 0 fully saturated rings. The fraction of sp³-hybridized carbons (Fsp3) is 0.0769. The van der Waals surface area contributed by atoms with E-state index in [1.54, 1.807) is 12.1 Å². The summed E-state index contributed by atoms with van der Waals surface area (Å²) in [5.41, 5.74) is 6.87. The zero-order valence-electron chi connectivity index (χ0n) is 18.6. The van der Waals surface area contributed by atoms with Crippen LogP contribution in [0.4, 0.5) is 0 Å². The Hall–Kier alpha value is -4.50. The van der Waals surface area contributed by atoms with Crippen molar-refractivity contribution in [2.45, 2.75) is 6.54 Å². The van der Waals surface area contributed by atoms with Crippen LogP contribution in [0, 0.1) is 4.77 Å². The second-order valence-corrected chi connectivity index (χ2v) is 7.93. The summed E-state index contributed by atoms with van der Waals surface area (Å²) in [7, 11) is 0. The molecule has 0 aliphatic rings. The molecule has 4 rings (SSSR count). The van der Waals surface area contributed by atoms with Gasteiger partial charge in [0.15, 0.2) is 11.4 Å². The number of nitrogens with zero attached hydrogens (tertiary/aromatic N) is 1. The second-order valence-electron chi connectivity index (χ2n) is 7.55. The van der Waals surface area contributed by atoms with Crippen molar-refractivity contribution in [1.82, 2.24) is 20.4 Å². The number of para-hydroxylation sites is 1. The van der Waals surface area contributed by atoms with Crippen LogP contribution in [0.2, 0.25) is 0 Å². The largest absolute Gasteiger partial charge is 0.483 e. The first-order valence-electron chi connectivity index (χ1n) is 10.7. The van der Waals surface area contributed by atoms with Crippen LogP contribution < -0.4 is 21.1 Å². The quantitative estimate of drug-likeness (QED) is 0.210.